The van der Waals surface area contributed by atoms with Crippen LogP contribution in [0.25, 0.3) is 0 Å². The molecule has 1 aromatic rings. The molecule has 1 rings (SSSR count). The van der Waals surface area contributed by atoms with Crippen LogP contribution < -0.4 is 10.5 Å². The van der Waals surface area contributed by atoms with Gasteiger partial charge in [-0.25, -0.2) is 0 Å². The van der Waals surface area contributed by atoms with E-state index in [4.69, 9.17) is 0 Å². The number of amides is 1. The Balaban J connectivity index is 2.56. The maximum atomic E-state index is 11.9. The van der Waals surface area contributed by atoms with Gasteiger partial charge >= 0.3 is 0 Å². The Hall–Kier alpha value is -1.13. The van der Waals surface area contributed by atoms with Crippen LogP contribution in [-0.4, -0.2) is 38.5 Å². The second kappa shape index (κ2) is 7.04. The molecular formula is C16H28N2OSi. The molecule has 1 atom stereocenters. The van der Waals surface area contributed by atoms with Crippen molar-refractivity contribution in [2.24, 2.45) is 0 Å². The quantitative estimate of drug-likeness (QED) is 0.815. The zero-order chi connectivity index (χ0) is 15.3. The summed E-state index contributed by atoms with van der Waals surface area (Å²) in [7, 11) is 0.617. The molecule has 1 amide bonds. The summed E-state index contributed by atoms with van der Waals surface area (Å²) in [6.07, 6.45) is 0. The predicted octanol–water partition coefficient (Wildman–Crippen LogP) is 2.19. The first-order valence-corrected chi connectivity index (χ1v) is 10.8. The van der Waals surface area contributed by atoms with Gasteiger partial charge in [-0.15, -0.1) is 0 Å². The second-order valence-electron chi connectivity index (χ2n) is 6.40. The molecule has 1 aromatic carbocycles. The number of hydrogen-bond acceptors (Lipinski definition) is 2. The fraction of sp³-hybridized carbons (Fsp3) is 0.562. The van der Waals surface area contributed by atoms with E-state index in [9.17, 15) is 4.79 Å². The van der Waals surface area contributed by atoms with Crippen molar-refractivity contribution in [2.75, 3.05) is 13.6 Å². The van der Waals surface area contributed by atoms with E-state index in [2.05, 4.69) is 49.2 Å². The molecule has 1 unspecified atom stereocenters. The van der Waals surface area contributed by atoms with Crippen LogP contribution in [0.1, 0.15) is 19.4 Å². The molecule has 0 fully saturated rings. The summed E-state index contributed by atoms with van der Waals surface area (Å²) in [5, 5.41) is 4.76. The van der Waals surface area contributed by atoms with Crippen molar-refractivity contribution in [1.29, 1.82) is 0 Å². The molecule has 20 heavy (non-hydrogen) atoms. The molecule has 0 aliphatic carbocycles. The van der Waals surface area contributed by atoms with Gasteiger partial charge in [0.2, 0.25) is 5.91 Å². The minimum absolute atomic E-state index is 0.142. The Morgan fingerprint density at radius 3 is 2.25 bits per heavy atom. The average molecular weight is 292 g/mol. The van der Waals surface area contributed by atoms with E-state index in [0.717, 1.165) is 13.1 Å². The van der Waals surface area contributed by atoms with Gasteiger partial charge in [-0.1, -0.05) is 49.1 Å². The number of carbonyl (C=O) groups excluding carboxylic acids is 1. The summed E-state index contributed by atoms with van der Waals surface area (Å²) in [5.74, 6) is 0.145. The van der Waals surface area contributed by atoms with E-state index in [1.165, 1.54) is 10.8 Å². The lowest BCUT2D eigenvalue weighted by atomic mass is 10.2. The summed E-state index contributed by atoms with van der Waals surface area (Å²) >= 11 is 0. The van der Waals surface area contributed by atoms with Gasteiger partial charge in [0.1, 0.15) is 0 Å². The molecule has 0 aliphatic heterocycles. The number of benzene rings is 1. The third-order valence-corrected chi connectivity index (χ3v) is 5.72. The molecule has 0 heterocycles. The summed E-state index contributed by atoms with van der Waals surface area (Å²) in [6, 6.07) is 8.65. The molecule has 0 spiro atoms. The molecule has 0 aromatic heterocycles. The lowest BCUT2D eigenvalue weighted by Gasteiger charge is -2.21. The van der Waals surface area contributed by atoms with Crippen LogP contribution in [0.2, 0.25) is 19.6 Å². The van der Waals surface area contributed by atoms with Crippen LogP contribution in [0.3, 0.4) is 0 Å². The van der Waals surface area contributed by atoms with Gasteiger partial charge in [0.05, 0.1) is 14.1 Å². The Labute approximate surface area is 124 Å². The molecule has 1 N–H and O–H groups in total. The van der Waals surface area contributed by atoms with Crippen molar-refractivity contribution >= 4 is 19.2 Å². The molecule has 4 heteroatoms. The predicted molar refractivity (Wildman–Crippen MR) is 89.0 cm³/mol. The summed E-state index contributed by atoms with van der Waals surface area (Å²) in [5.41, 5.74) is 1.23. The van der Waals surface area contributed by atoms with E-state index in [-0.39, 0.29) is 11.9 Å². The minimum atomic E-state index is -1.22. The van der Waals surface area contributed by atoms with Crippen LogP contribution in [0, 0.1) is 0 Å². The standard InChI is InChI=1S/C16H28N2OSi/c1-7-18(3)16(19)13(2)17-12-14-8-10-15(11-9-14)20(4,5)6/h8-11,13,17H,7,12H2,1-6H3. The van der Waals surface area contributed by atoms with E-state index in [1.807, 2.05) is 20.9 Å². The maximum absolute atomic E-state index is 11.9. The Bertz CT molecular complexity index is 437. The molecule has 112 valence electrons. The largest absolute Gasteiger partial charge is 0.345 e. The fourth-order valence-electron chi connectivity index (χ4n) is 1.97. The zero-order valence-electron chi connectivity index (χ0n) is 13.7. The first-order chi connectivity index (χ1) is 9.25. The van der Waals surface area contributed by atoms with Crippen molar-refractivity contribution in [2.45, 2.75) is 46.1 Å². The van der Waals surface area contributed by atoms with Crippen molar-refractivity contribution in [3.05, 3.63) is 29.8 Å². The highest BCUT2D eigenvalue weighted by Crippen LogP contribution is 2.05. The van der Waals surface area contributed by atoms with Crippen molar-refractivity contribution in [1.82, 2.24) is 10.2 Å². The van der Waals surface area contributed by atoms with Crippen molar-refractivity contribution in [3.8, 4) is 0 Å². The Morgan fingerprint density at radius 1 is 1.25 bits per heavy atom. The van der Waals surface area contributed by atoms with Crippen LogP contribution in [-0.2, 0) is 11.3 Å². The topological polar surface area (TPSA) is 32.3 Å². The number of nitrogens with zero attached hydrogens (tertiary/aromatic N) is 1. The third kappa shape index (κ3) is 4.76. The van der Waals surface area contributed by atoms with Gasteiger partial charge < -0.3 is 10.2 Å². The smallest absolute Gasteiger partial charge is 0.239 e. The first-order valence-electron chi connectivity index (χ1n) is 7.33. The molecule has 0 radical (unpaired) electrons. The molecule has 3 nitrogen and oxygen atoms in total. The van der Waals surface area contributed by atoms with Crippen molar-refractivity contribution < 1.29 is 4.79 Å². The molecule has 0 aliphatic rings. The normalized spacial score (nSPS) is 13.1. The Morgan fingerprint density at radius 2 is 1.80 bits per heavy atom. The number of hydrogen-bond donors (Lipinski definition) is 1. The van der Waals surface area contributed by atoms with Crippen LogP contribution >= 0.6 is 0 Å². The SMILES string of the molecule is CCN(C)C(=O)C(C)NCc1ccc([Si](C)(C)C)cc1. The van der Waals surface area contributed by atoms with E-state index in [0.29, 0.717) is 0 Å². The monoisotopic (exact) mass is 292 g/mol. The van der Waals surface area contributed by atoms with Gasteiger partial charge in [-0.05, 0) is 19.4 Å². The summed E-state index contributed by atoms with van der Waals surface area (Å²) < 4.78 is 0. The molecule has 0 bridgehead atoms. The van der Waals surface area contributed by atoms with Gasteiger partial charge in [0.15, 0.2) is 0 Å². The lowest BCUT2D eigenvalue weighted by molar-refractivity contribution is -0.131. The van der Waals surface area contributed by atoms with Crippen LogP contribution in [0.4, 0.5) is 0 Å². The highest BCUT2D eigenvalue weighted by Gasteiger charge is 2.17. The summed E-state index contributed by atoms with van der Waals surface area (Å²) in [4.78, 5) is 13.7. The zero-order valence-corrected chi connectivity index (χ0v) is 14.7. The number of rotatable bonds is 6. The van der Waals surface area contributed by atoms with Gasteiger partial charge in [0.25, 0.3) is 0 Å². The lowest BCUT2D eigenvalue weighted by Crippen LogP contribution is -2.42. The molecule has 0 saturated heterocycles. The Kier molecular flexibility index (Phi) is 5.96. The number of likely N-dealkylation sites (N-methyl/N-ethyl adjacent to an activating group) is 1. The van der Waals surface area contributed by atoms with Gasteiger partial charge in [-0.3, -0.25) is 4.79 Å². The van der Waals surface area contributed by atoms with Crippen LogP contribution in [0.5, 0.6) is 0 Å². The maximum Gasteiger partial charge on any atom is 0.239 e. The minimum Gasteiger partial charge on any atom is -0.345 e. The summed E-state index contributed by atoms with van der Waals surface area (Å²) in [6.45, 7) is 12.4. The van der Waals surface area contributed by atoms with Crippen LogP contribution in [0.15, 0.2) is 24.3 Å². The second-order valence-corrected chi connectivity index (χ2v) is 11.5. The number of nitrogens with one attached hydrogen (secondary N) is 1. The first kappa shape index (κ1) is 16.9. The van der Waals surface area contributed by atoms with Crippen molar-refractivity contribution in [3.63, 3.8) is 0 Å². The number of carbonyl (C=O) groups is 1. The van der Waals surface area contributed by atoms with Gasteiger partial charge in [-0.2, -0.15) is 0 Å². The average Bonchev–Trinajstić information content (AvgIpc) is 2.42. The molecule has 0 saturated carbocycles. The highest BCUT2D eigenvalue weighted by molar-refractivity contribution is 6.88. The van der Waals surface area contributed by atoms with E-state index >= 15 is 0 Å². The third-order valence-electron chi connectivity index (χ3n) is 3.65. The van der Waals surface area contributed by atoms with Gasteiger partial charge in [0, 0.05) is 20.1 Å². The van der Waals surface area contributed by atoms with E-state index in [1.54, 1.807) is 4.90 Å². The highest BCUT2D eigenvalue weighted by atomic mass is 28.3. The molecular weight excluding hydrogens is 264 g/mol. The van der Waals surface area contributed by atoms with E-state index < -0.39 is 8.07 Å². The fourth-order valence-corrected chi connectivity index (χ4v) is 3.13.